The van der Waals surface area contributed by atoms with E-state index in [0.717, 1.165) is 24.9 Å². The Hall–Kier alpha value is -0.670. The van der Waals surface area contributed by atoms with Gasteiger partial charge in [0, 0.05) is 18.0 Å². The Morgan fingerprint density at radius 3 is 2.46 bits per heavy atom. The number of aliphatic hydroxyl groups is 1. The molecule has 0 bridgehead atoms. The van der Waals surface area contributed by atoms with Gasteiger partial charge in [0.2, 0.25) is 0 Å². The zero-order chi connectivity index (χ0) is 20.7. The van der Waals surface area contributed by atoms with E-state index in [0.29, 0.717) is 17.8 Å². The highest BCUT2D eigenvalue weighted by Crippen LogP contribution is 2.68. The Morgan fingerprint density at radius 1 is 1.21 bits per heavy atom. The molecule has 1 N–H and O–H groups in total. The maximum absolute atomic E-state index is 14.5. The lowest BCUT2D eigenvalue weighted by molar-refractivity contribution is -0.0548. The molecule has 1 saturated heterocycles. The molecular formula is C23H38NO3P. The summed E-state index contributed by atoms with van der Waals surface area (Å²) in [4.78, 5) is 0. The van der Waals surface area contributed by atoms with Crippen molar-refractivity contribution in [2.45, 2.75) is 84.2 Å². The van der Waals surface area contributed by atoms with Crippen LogP contribution in [0.25, 0.3) is 0 Å². The number of aliphatic hydroxyl groups excluding tert-OH is 1. The number of benzene rings is 1. The summed E-state index contributed by atoms with van der Waals surface area (Å²) in [6.45, 7) is 13.7. The SMILES string of the molecule is CC(C)CN1C(C)(C)[C@@H]2CC[C@@H](C)C[C@H]2O[P@@]1(=O)[C@@H](C)[C@H](O)c1ccccc1. The van der Waals surface area contributed by atoms with E-state index in [1.807, 2.05) is 37.3 Å². The number of hydrogen-bond acceptors (Lipinski definition) is 3. The summed E-state index contributed by atoms with van der Waals surface area (Å²) in [5.41, 5.74) is 0.106. The average molecular weight is 408 g/mol. The number of fused-ring (bicyclic) bond motifs is 1. The minimum Gasteiger partial charge on any atom is -0.388 e. The number of hydrogen-bond donors (Lipinski definition) is 1. The van der Waals surface area contributed by atoms with Crippen molar-refractivity contribution in [1.29, 1.82) is 0 Å². The second-order valence-electron chi connectivity index (χ2n) is 9.96. The molecule has 28 heavy (non-hydrogen) atoms. The largest absolute Gasteiger partial charge is 0.388 e. The molecule has 0 unspecified atom stereocenters. The predicted molar refractivity (Wildman–Crippen MR) is 115 cm³/mol. The number of rotatable bonds is 5. The predicted octanol–water partition coefficient (Wildman–Crippen LogP) is 5.87. The van der Waals surface area contributed by atoms with Gasteiger partial charge >= 0.3 is 0 Å². The van der Waals surface area contributed by atoms with E-state index < -0.39 is 19.3 Å². The van der Waals surface area contributed by atoms with Gasteiger partial charge in [0.1, 0.15) is 0 Å². The summed E-state index contributed by atoms with van der Waals surface area (Å²) < 4.78 is 23.2. The first-order valence-electron chi connectivity index (χ1n) is 10.9. The topological polar surface area (TPSA) is 49.8 Å². The molecule has 0 aromatic heterocycles. The van der Waals surface area contributed by atoms with Crippen LogP contribution in [0.3, 0.4) is 0 Å². The van der Waals surface area contributed by atoms with E-state index in [-0.39, 0.29) is 11.6 Å². The molecule has 0 radical (unpaired) electrons. The van der Waals surface area contributed by atoms with Crippen LogP contribution in [0.2, 0.25) is 0 Å². The summed E-state index contributed by atoms with van der Waals surface area (Å²) in [6, 6.07) is 9.57. The standard InChI is InChI=1S/C23H38NO3P/c1-16(2)15-24-23(5,6)20-13-12-17(3)14-21(20)27-28(24,26)18(4)22(25)19-10-8-7-9-11-19/h7-11,16-18,20-22,25H,12-15H2,1-6H3/t17-,18+,20-,21-,22+,28+/m1/s1. The van der Waals surface area contributed by atoms with Crippen LogP contribution in [-0.4, -0.2) is 33.6 Å². The molecule has 1 aromatic rings. The average Bonchev–Trinajstić information content (AvgIpc) is 2.64. The van der Waals surface area contributed by atoms with Gasteiger partial charge in [-0.15, -0.1) is 0 Å². The van der Waals surface area contributed by atoms with Crippen LogP contribution in [0.15, 0.2) is 30.3 Å². The van der Waals surface area contributed by atoms with E-state index in [4.69, 9.17) is 4.52 Å². The Morgan fingerprint density at radius 2 is 1.86 bits per heavy atom. The molecule has 2 aliphatic rings. The smallest absolute Gasteiger partial charge is 0.278 e. The third kappa shape index (κ3) is 3.99. The molecule has 3 rings (SSSR count). The molecule has 1 aliphatic heterocycles. The van der Waals surface area contributed by atoms with Gasteiger partial charge in [0.05, 0.1) is 17.9 Å². The van der Waals surface area contributed by atoms with Gasteiger partial charge in [0.15, 0.2) is 0 Å². The van der Waals surface area contributed by atoms with E-state index in [1.54, 1.807) is 0 Å². The normalized spacial score (nSPS) is 35.4. The molecule has 1 heterocycles. The molecule has 2 fully saturated rings. The van der Waals surface area contributed by atoms with Crippen LogP contribution >= 0.6 is 7.52 Å². The zero-order valence-corrected chi connectivity index (χ0v) is 19.2. The summed E-state index contributed by atoms with van der Waals surface area (Å²) in [5, 5.41) is 11.1. The first-order chi connectivity index (χ1) is 13.1. The van der Waals surface area contributed by atoms with Crippen LogP contribution in [-0.2, 0) is 9.09 Å². The van der Waals surface area contributed by atoms with Gasteiger partial charge in [-0.05, 0) is 51.0 Å². The fourth-order valence-corrected chi connectivity index (χ4v) is 8.49. The second-order valence-corrected chi connectivity index (χ2v) is 12.6. The summed E-state index contributed by atoms with van der Waals surface area (Å²) >= 11 is 0. The molecule has 5 heteroatoms. The third-order valence-corrected chi connectivity index (χ3v) is 10.1. The molecule has 0 spiro atoms. The fraction of sp³-hybridized carbons (Fsp3) is 0.739. The summed E-state index contributed by atoms with van der Waals surface area (Å²) in [6.07, 6.45) is 2.48. The van der Waals surface area contributed by atoms with Gasteiger partial charge in [-0.1, -0.05) is 57.5 Å². The van der Waals surface area contributed by atoms with Gasteiger partial charge in [-0.25, -0.2) is 4.67 Å². The molecule has 0 amide bonds. The molecular weight excluding hydrogens is 369 g/mol. The lowest BCUT2D eigenvalue weighted by atomic mass is 9.71. The Bertz CT molecular complexity index is 705. The highest BCUT2D eigenvalue weighted by atomic mass is 31.2. The maximum atomic E-state index is 14.5. The van der Waals surface area contributed by atoms with Crippen molar-refractivity contribution in [3.8, 4) is 0 Å². The van der Waals surface area contributed by atoms with Crippen LogP contribution in [0.5, 0.6) is 0 Å². The maximum Gasteiger partial charge on any atom is 0.278 e. The van der Waals surface area contributed by atoms with Crippen molar-refractivity contribution in [2.75, 3.05) is 6.54 Å². The van der Waals surface area contributed by atoms with Crippen molar-refractivity contribution in [2.24, 2.45) is 17.8 Å². The van der Waals surface area contributed by atoms with Crippen molar-refractivity contribution < 1.29 is 14.2 Å². The van der Waals surface area contributed by atoms with Gasteiger partial charge in [-0.2, -0.15) is 0 Å². The van der Waals surface area contributed by atoms with Crippen molar-refractivity contribution >= 4 is 7.52 Å². The molecule has 1 saturated carbocycles. The minimum atomic E-state index is -3.24. The lowest BCUT2D eigenvalue weighted by Gasteiger charge is -2.58. The van der Waals surface area contributed by atoms with Gasteiger partial charge in [0.25, 0.3) is 7.52 Å². The Kier molecular flexibility index (Phi) is 6.47. The van der Waals surface area contributed by atoms with Crippen LogP contribution in [0.1, 0.15) is 72.5 Å². The third-order valence-electron chi connectivity index (χ3n) is 6.90. The zero-order valence-electron chi connectivity index (χ0n) is 18.3. The van der Waals surface area contributed by atoms with Crippen LogP contribution in [0.4, 0.5) is 0 Å². The van der Waals surface area contributed by atoms with Crippen LogP contribution in [0, 0.1) is 17.8 Å². The first-order valence-corrected chi connectivity index (χ1v) is 12.5. The quantitative estimate of drug-likeness (QED) is 0.620. The molecule has 6 atom stereocenters. The summed E-state index contributed by atoms with van der Waals surface area (Å²) in [7, 11) is -3.24. The van der Waals surface area contributed by atoms with Crippen molar-refractivity contribution in [3.63, 3.8) is 0 Å². The van der Waals surface area contributed by atoms with E-state index >= 15 is 0 Å². The minimum absolute atomic E-state index is 0.0124. The van der Waals surface area contributed by atoms with E-state index in [1.165, 1.54) is 6.42 Å². The highest BCUT2D eigenvalue weighted by molar-refractivity contribution is 7.57. The summed E-state index contributed by atoms with van der Waals surface area (Å²) in [5.74, 6) is 1.35. The van der Waals surface area contributed by atoms with E-state index in [9.17, 15) is 9.67 Å². The monoisotopic (exact) mass is 407 g/mol. The fourth-order valence-electron chi connectivity index (χ4n) is 5.17. The van der Waals surface area contributed by atoms with Gasteiger partial charge in [-0.3, -0.25) is 4.57 Å². The van der Waals surface area contributed by atoms with Crippen molar-refractivity contribution in [1.82, 2.24) is 4.67 Å². The van der Waals surface area contributed by atoms with Crippen molar-refractivity contribution in [3.05, 3.63) is 35.9 Å². The Labute approximate surface area is 171 Å². The molecule has 1 aromatic carbocycles. The van der Waals surface area contributed by atoms with E-state index in [2.05, 4.69) is 39.3 Å². The first kappa shape index (κ1) is 22.0. The molecule has 4 nitrogen and oxygen atoms in total. The lowest BCUT2D eigenvalue weighted by Crippen LogP contribution is -2.59. The Balaban J connectivity index is 2.00. The van der Waals surface area contributed by atoms with Gasteiger partial charge < -0.3 is 9.63 Å². The molecule has 158 valence electrons. The van der Waals surface area contributed by atoms with Crippen LogP contribution < -0.4 is 0 Å². The molecule has 1 aliphatic carbocycles. The number of nitrogens with zero attached hydrogens (tertiary/aromatic N) is 1. The second kappa shape index (κ2) is 8.22. The highest BCUT2D eigenvalue weighted by Gasteiger charge is 2.58.